The molecule has 2 aromatic heterocycles. The molecular weight excluding hydrogens is 464 g/mol. The van der Waals surface area contributed by atoms with Crippen LogP contribution < -0.4 is 4.74 Å². The first-order chi connectivity index (χ1) is 16.8. The number of thioether (sulfide) groups is 1. The molecule has 0 aliphatic carbocycles. The van der Waals surface area contributed by atoms with Gasteiger partial charge in [-0.25, -0.2) is 4.98 Å². The van der Waals surface area contributed by atoms with E-state index in [1.165, 1.54) is 32.4 Å². The minimum atomic E-state index is 0.524. The number of rotatable bonds is 10. The van der Waals surface area contributed by atoms with Crippen LogP contribution in [0.15, 0.2) is 68.7 Å². The number of nitrogens with zero attached hydrogens (tertiary/aromatic N) is 4. The van der Waals surface area contributed by atoms with Crippen LogP contribution in [0.25, 0.3) is 22.7 Å². The maximum atomic E-state index is 5.91. The topological polar surface area (TPSA) is 64.3 Å². The first kappa shape index (κ1) is 23.1. The lowest BCUT2D eigenvalue weighted by Crippen LogP contribution is -2.31. The number of ether oxygens (including phenoxy) is 1. The molecule has 1 saturated heterocycles. The summed E-state index contributed by atoms with van der Waals surface area (Å²) in [4.78, 5) is 7.24. The van der Waals surface area contributed by atoms with E-state index in [0.717, 1.165) is 46.5 Å². The van der Waals surface area contributed by atoms with Crippen molar-refractivity contribution in [2.24, 2.45) is 0 Å². The first-order valence-electron chi connectivity index (χ1n) is 11.8. The standard InChI is InChI=1S/C26H28N4O2S2/c1-3-8-20(9-4-1)23-18-33-26(27-23)34-19-24-28-29-25(32-24)21-10-12-22(13-11-21)31-17-7-16-30-14-5-2-6-15-30/h1,3-4,8-13,18H,2,5-7,14-17,19H2. The summed E-state index contributed by atoms with van der Waals surface area (Å²) in [6.45, 7) is 4.33. The van der Waals surface area contributed by atoms with Crippen molar-refractivity contribution in [1.82, 2.24) is 20.1 Å². The number of thiazole rings is 1. The Balaban J connectivity index is 1.09. The molecule has 0 atom stereocenters. The quantitative estimate of drug-likeness (QED) is 0.187. The van der Waals surface area contributed by atoms with Crippen molar-refractivity contribution >= 4 is 23.1 Å². The largest absolute Gasteiger partial charge is 0.494 e. The number of benzene rings is 2. The molecule has 34 heavy (non-hydrogen) atoms. The molecule has 0 N–H and O–H groups in total. The normalized spacial score (nSPS) is 14.4. The number of piperidine rings is 1. The molecule has 0 radical (unpaired) electrons. The van der Waals surface area contributed by atoms with Crippen LogP contribution in [-0.4, -0.2) is 46.3 Å². The molecular formula is C26H28N4O2S2. The van der Waals surface area contributed by atoms with Crippen molar-refractivity contribution < 1.29 is 9.15 Å². The van der Waals surface area contributed by atoms with Crippen molar-refractivity contribution in [3.8, 4) is 28.5 Å². The molecule has 3 heterocycles. The van der Waals surface area contributed by atoms with Crippen molar-refractivity contribution in [2.75, 3.05) is 26.2 Å². The molecule has 6 nitrogen and oxygen atoms in total. The van der Waals surface area contributed by atoms with Crippen LogP contribution in [0.5, 0.6) is 5.75 Å². The van der Waals surface area contributed by atoms with Gasteiger partial charge in [0.1, 0.15) is 5.75 Å². The molecule has 5 rings (SSSR count). The van der Waals surface area contributed by atoms with E-state index in [0.29, 0.717) is 17.5 Å². The van der Waals surface area contributed by atoms with Crippen molar-refractivity contribution in [3.05, 3.63) is 65.9 Å². The minimum Gasteiger partial charge on any atom is -0.494 e. The van der Waals surface area contributed by atoms with Gasteiger partial charge in [0, 0.05) is 23.1 Å². The van der Waals surface area contributed by atoms with Crippen LogP contribution in [0.4, 0.5) is 0 Å². The summed E-state index contributed by atoms with van der Waals surface area (Å²) in [7, 11) is 0. The van der Waals surface area contributed by atoms with Gasteiger partial charge in [-0.3, -0.25) is 0 Å². The third-order valence-corrected chi connectivity index (χ3v) is 7.78. The molecule has 0 bridgehead atoms. The van der Waals surface area contributed by atoms with Gasteiger partial charge in [0.2, 0.25) is 11.8 Å². The average Bonchev–Trinajstić information content (AvgIpc) is 3.57. The molecule has 0 saturated carbocycles. The third kappa shape index (κ3) is 6.25. The SMILES string of the molecule is c1ccc(-c2csc(SCc3nnc(-c4ccc(OCCCN5CCCCC5)cc4)o3)n2)cc1. The monoisotopic (exact) mass is 492 g/mol. The lowest BCUT2D eigenvalue weighted by molar-refractivity contribution is 0.205. The summed E-state index contributed by atoms with van der Waals surface area (Å²) in [5.74, 6) is 2.58. The summed E-state index contributed by atoms with van der Waals surface area (Å²) in [5.41, 5.74) is 3.01. The third-order valence-electron chi connectivity index (χ3n) is 5.78. The van der Waals surface area contributed by atoms with Gasteiger partial charge in [0.25, 0.3) is 0 Å². The van der Waals surface area contributed by atoms with E-state index in [9.17, 15) is 0 Å². The zero-order chi connectivity index (χ0) is 23.0. The van der Waals surface area contributed by atoms with Gasteiger partial charge in [0.15, 0.2) is 4.34 Å². The first-order valence-corrected chi connectivity index (χ1v) is 13.6. The van der Waals surface area contributed by atoms with Crippen molar-refractivity contribution in [2.45, 2.75) is 35.8 Å². The second-order valence-electron chi connectivity index (χ2n) is 8.28. The molecule has 2 aromatic carbocycles. The Kier molecular flexibility index (Phi) is 7.90. The maximum Gasteiger partial charge on any atom is 0.247 e. The Morgan fingerprint density at radius 3 is 2.59 bits per heavy atom. The van der Waals surface area contributed by atoms with Crippen LogP contribution >= 0.6 is 23.1 Å². The fourth-order valence-corrected chi connectivity index (χ4v) is 5.64. The van der Waals surface area contributed by atoms with E-state index in [2.05, 4.69) is 32.6 Å². The number of likely N-dealkylation sites (tertiary alicyclic amines) is 1. The van der Waals surface area contributed by atoms with E-state index in [1.54, 1.807) is 23.1 Å². The summed E-state index contributed by atoms with van der Waals surface area (Å²) < 4.78 is 12.8. The van der Waals surface area contributed by atoms with E-state index in [1.807, 2.05) is 42.5 Å². The average molecular weight is 493 g/mol. The van der Waals surface area contributed by atoms with Gasteiger partial charge < -0.3 is 14.1 Å². The highest BCUT2D eigenvalue weighted by Gasteiger charge is 2.12. The van der Waals surface area contributed by atoms with Crippen LogP contribution in [0.2, 0.25) is 0 Å². The van der Waals surface area contributed by atoms with E-state index in [-0.39, 0.29) is 0 Å². The fourth-order valence-electron chi connectivity index (χ4n) is 3.97. The van der Waals surface area contributed by atoms with Gasteiger partial charge in [-0.1, -0.05) is 48.5 Å². The molecule has 1 aliphatic rings. The Hall–Kier alpha value is -2.68. The molecule has 0 amide bonds. The summed E-state index contributed by atoms with van der Waals surface area (Å²) >= 11 is 3.24. The van der Waals surface area contributed by atoms with Crippen LogP contribution in [0.1, 0.15) is 31.6 Å². The van der Waals surface area contributed by atoms with Crippen LogP contribution in [-0.2, 0) is 5.75 Å². The molecule has 0 unspecified atom stereocenters. The summed E-state index contributed by atoms with van der Waals surface area (Å²) in [5, 5.41) is 10.5. The van der Waals surface area contributed by atoms with E-state index >= 15 is 0 Å². The van der Waals surface area contributed by atoms with E-state index < -0.39 is 0 Å². The van der Waals surface area contributed by atoms with Crippen LogP contribution in [0, 0.1) is 0 Å². The Morgan fingerprint density at radius 1 is 0.941 bits per heavy atom. The van der Waals surface area contributed by atoms with Gasteiger partial charge in [-0.05, 0) is 56.6 Å². The second kappa shape index (κ2) is 11.6. The fraction of sp³-hybridized carbons (Fsp3) is 0.346. The summed E-state index contributed by atoms with van der Waals surface area (Å²) in [6, 6.07) is 18.1. The van der Waals surface area contributed by atoms with Gasteiger partial charge in [-0.15, -0.1) is 21.5 Å². The minimum absolute atomic E-state index is 0.524. The number of hydrogen-bond acceptors (Lipinski definition) is 8. The second-order valence-corrected chi connectivity index (χ2v) is 10.4. The van der Waals surface area contributed by atoms with E-state index in [4.69, 9.17) is 14.1 Å². The molecule has 1 aliphatic heterocycles. The number of hydrogen-bond donors (Lipinski definition) is 0. The van der Waals surface area contributed by atoms with Crippen molar-refractivity contribution in [1.29, 1.82) is 0 Å². The summed E-state index contributed by atoms with van der Waals surface area (Å²) in [6.07, 6.45) is 5.09. The smallest absolute Gasteiger partial charge is 0.247 e. The predicted molar refractivity (Wildman–Crippen MR) is 137 cm³/mol. The highest BCUT2D eigenvalue weighted by molar-refractivity contribution is 8.00. The molecule has 8 heteroatoms. The van der Waals surface area contributed by atoms with Crippen LogP contribution in [0.3, 0.4) is 0 Å². The zero-order valence-corrected chi connectivity index (χ0v) is 20.7. The highest BCUT2D eigenvalue weighted by Crippen LogP contribution is 2.31. The van der Waals surface area contributed by atoms with Gasteiger partial charge in [-0.2, -0.15) is 0 Å². The highest BCUT2D eigenvalue weighted by atomic mass is 32.2. The predicted octanol–water partition coefficient (Wildman–Crippen LogP) is 6.41. The Bertz CT molecular complexity index is 1160. The molecule has 176 valence electrons. The lowest BCUT2D eigenvalue weighted by atomic mass is 10.1. The Morgan fingerprint density at radius 2 is 1.76 bits per heavy atom. The zero-order valence-electron chi connectivity index (χ0n) is 19.1. The molecule has 0 spiro atoms. The van der Waals surface area contributed by atoms with Gasteiger partial charge in [0.05, 0.1) is 18.1 Å². The number of aromatic nitrogens is 3. The Labute approximate surface area is 208 Å². The molecule has 1 fully saturated rings. The lowest BCUT2D eigenvalue weighted by Gasteiger charge is -2.26. The maximum absolute atomic E-state index is 5.91. The van der Waals surface area contributed by atoms with Crippen molar-refractivity contribution in [3.63, 3.8) is 0 Å². The molecule has 4 aromatic rings. The van der Waals surface area contributed by atoms with Gasteiger partial charge >= 0.3 is 0 Å².